The van der Waals surface area contributed by atoms with E-state index in [9.17, 15) is 4.79 Å². The maximum absolute atomic E-state index is 12.4. The topological polar surface area (TPSA) is 32.8 Å². The SMILES string of the molecule is COc1ccccc1CCC(=O)N(C)C1CCN(C)CC1. The van der Waals surface area contributed by atoms with Crippen LogP contribution in [0.25, 0.3) is 0 Å². The average molecular weight is 290 g/mol. The fraction of sp³-hybridized carbons (Fsp3) is 0.588. The number of ether oxygens (including phenoxy) is 1. The molecule has 21 heavy (non-hydrogen) atoms. The second kappa shape index (κ2) is 7.46. The van der Waals surface area contributed by atoms with Gasteiger partial charge in [-0.2, -0.15) is 0 Å². The number of nitrogens with zero attached hydrogens (tertiary/aromatic N) is 2. The summed E-state index contributed by atoms with van der Waals surface area (Å²) in [5, 5.41) is 0. The first-order valence-electron chi connectivity index (χ1n) is 7.68. The van der Waals surface area contributed by atoms with Crippen molar-refractivity contribution < 1.29 is 9.53 Å². The van der Waals surface area contributed by atoms with E-state index >= 15 is 0 Å². The highest BCUT2D eigenvalue weighted by molar-refractivity contribution is 5.76. The Kier molecular flexibility index (Phi) is 5.62. The first-order valence-corrected chi connectivity index (χ1v) is 7.68. The summed E-state index contributed by atoms with van der Waals surface area (Å²) in [5.74, 6) is 1.10. The van der Waals surface area contributed by atoms with E-state index in [1.807, 2.05) is 36.2 Å². The second-order valence-corrected chi connectivity index (χ2v) is 5.85. The molecule has 0 aliphatic carbocycles. The van der Waals surface area contributed by atoms with Crippen molar-refractivity contribution in [2.24, 2.45) is 0 Å². The summed E-state index contributed by atoms with van der Waals surface area (Å²) in [4.78, 5) is 16.6. The van der Waals surface area contributed by atoms with E-state index in [1.54, 1.807) is 7.11 Å². The molecule has 1 aromatic rings. The van der Waals surface area contributed by atoms with Crippen LogP contribution in [0.1, 0.15) is 24.8 Å². The van der Waals surface area contributed by atoms with Crippen molar-refractivity contribution in [3.8, 4) is 5.75 Å². The van der Waals surface area contributed by atoms with Gasteiger partial charge in [0, 0.05) is 19.5 Å². The summed E-state index contributed by atoms with van der Waals surface area (Å²) in [6, 6.07) is 8.31. The van der Waals surface area contributed by atoms with Gasteiger partial charge in [-0.25, -0.2) is 0 Å². The Hall–Kier alpha value is -1.55. The number of carbonyl (C=O) groups is 1. The van der Waals surface area contributed by atoms with Crippen molar-refractivity contribution in [1.82, 2.24) is 9.80 Å². The molecule has 0 aromatic heterocycles. The second-order valence-electron chi connectivity index (χ2n) is 5.85. The summed E-state index contributed by atoms with van der Waals surface area (Å²) in [6.07, 6.45) is 3.43. The summed E-state index contributed by atoms with van der Waals surface area (Å²) in [5.41, 5.74) is 1.10. The van der Waals surface area contributed by atoms with Crippen molar-refractivity contribution in [1.29, 1.82) is 0 Å². The third-order valence-electron chi connectivity index (χ3n) is 4.43. The van der Waals surface area contributed by atoms with Crippen LogP contribution in [0.2, 0.25) is 0 Å². The lowest BCUT2D eigenvalue weighted by molar-refractivity contribution is -0.132. The van der Waals surface area contributed by atoms with E-state index < -0.39 is 0 Å². The molecule has 0 spiro atoms. The molecule has 1 aromatic carbocycles. The zero-order chi connectivity index (χ0) is 15.2. The minimum atomic E-state index is 0.232. The molecule has 0 atom stereocenters. The highest BCUT2D eigenvalue weighted by Crippen LogP contribution is 2.20. The molecular formula is C17H26N2O2. The van der Waals surface area contributed by atoms with Gasteiger partial charge in [-0.3, -0.25) is 4.79 Å². The molecule has 1 fully saturated rings. The highest BCUT2D eigenvalue weighted by Gasteiger charge is 2.23. The third-order valence-corrected chi connectivity index (χ3v) is 4.43. The molecule has 1 saturated heterocycles. The van der Waals surface area contributed by atoms with E-state index in [4.69, 9.17) is 4.74 Å². The van der Waals surface area contributed by atoms with Crippen LogP contribution in [0.5, 0.6) is 5.75 Å². The van der Waals surface area contributed by atoms with Crippen molar-refractivity contribution in [3.63, 3.8) is 0 Å². The van der Waals surface area contributed by atoms with Crippen LogP contribution in [-0.2, 0) is 11.2 Å². The van der Waals surface area contributed by atoms with Crippen LogP contribution in [-0.4, -0.2) is 56.0 Å². The standard InChI is InChI=1S/C17H26N2O2/c1-18-12-10-15(11-13-18)19(2)17(20)9-8-14-6-4-5-7-16(14)21-3/h4-7,15H,8-13H2,1-3H3. The number of likely N-dealkylation sites (tertiary alicyclic amines) is 1. The van der Waals surface area contributed by atoms with Gasteiger partial charge < -0.3 is 14.5 Å². The van der Waals surface area contributed by atoms with Crippen LogP contribution >= 0.6 is 0 Å². The lowest BCUT2D eigenvalue weighted by Gasteiger charge is -2.35. The largest absolute Gasteiger partial charge is 0.496 e. The van der Waals surface area contributed by atoms with E-state index in [-0.39, 0.29) is 5.91 Å². The van der Waals surface area contributed by atoms with Gasteiger partial charge in [0.05, 0.1) is 7.11 Å². The van der Waals surface area contributed by atoms with E-state index in [0.29, 0.717) is 12.5 Å². The molecule has 4 heteroatoms. The summed E-state index contributed by atoms with van der Waals surface area (Å²) < 4.78 is 5.34. The predicted octanol–water partition coefficient (Wildman–Crippen LogP) is 2.18. The lowest BCUT2D eigenvalue weighted by atomic mass is 10.0. The van der Waals surface area contributed by atoms with Crippen LogP contribution in [0.15, 0.2) is 24.3 Å². The number of methoxy groups -OCH3 is 1. The zero-order valence-corrected chi connectivity index (χ0v) is 13.3. The molecule has 1 aliphatic heterocycles. The minimum Gasteiger partial charge on any atom is -0.496 e. The Balaban J connectivity index is 1.86. The van der Waals surface area contributed by atoms with Crippen LogP contribution < -0.4 is 4.74 Å². The molecule has 0 saturated carbocycles. The number of carbonyl (C=O) groups excluding carboxylic acids is 1. The molecule has 4 nitrogen and oxygen atoms in total. The number of piperidine rings is 1. The van der Waals surface area contributed by atoms with Crippen molar-refractivity contribution >= 4 is 5.91 Å². The number of aryl methyl sites for hydroxylation is 1. The first kappa shape index (κ1) is 15.8. The number of rotatable bonds is 5. The Morgan fingerprint density at radius 3 is 2.67 bits per heavy atom. The number of benzene rings is 1. The first-order chi connectivity index (χ1) is 10.1. The predicted molar refractivity (Wildman–Crippen MR) is 84.6 cm³/mol. The average Bonchev–Trinajstić information content (AvgIpc) is 2.52. The molecule has 0 unspecified atom stereocenters. The van der Waals surface area contributed by atoms with Crippen molar-refractivity contribution in [3.05, 3.63) is 29.8 Å². The molecule has 1 heterocycles. The molecule has 1 aliphatic rings. The minimum absolute atomic E-state index is 0.232. The molecule has 0 N–H and O–H groups in total. The number of para-hydroxylation sites is 1. The molecular weight excluding hydrogens is 264 g/mol. The highest BCUT2D eigenvalue weighted by atomic mass is 16.5. The fourth-order valence-corrected chi connectivity index (χ4v) is 2.91. The molecule has 0 bridgehead atoms. The quantitative estimate of drug-likeness (QED) is 0.833. The van der Waals surface area contributed by atoms with E-state index in [1.165, 1.54) is 0 Å². The third kappa shape index (κ3) is 4.21. The Morgan fingerprint density at radius 1 is 1.33 bits per heavy atom. The number of hydrogen-bond donors (Lipinski definition) is 0. The van der Waals surface area contributed by atoms with E-state index in [2.05, 4.69) is 11.9 Å². The Bertz CT molecular complexity index is 468. The van der Waals surface area contributed by atoms with Crippen LogP contribution in [0.4, 0.5) is 0 Å². The van der Waals surface area contributed by atoms with Crippen LogP contribution in [0.3, 0.4) is 0 Å². The van der Waals surface area contributed by atoms with Gasteiger partial charge in [-0.1, -0.05) is 18.2 Å². The van der Waals surface area contributed by atoms with Crippen molar-refractivity contribution in [2.75, 3.05) is 34.3 Å². The lowest BCUT2D eigenvalue weighted by Crippen LogP contribution is -2.44. The number of amides is 1. The fourth-order valence-electron chi connectivity index (χ4n) is 2.91. The van der Waals surface area contributed by atoms with Gasteiger partial charge in [-0.05, 0) is 51.0 Å². The summed E-state index contributed by atoms with van der Waals surface area (Å²) in [6.45, 7) is 2.16. The molecule has 116 valence electrons. The van der Waals surface area contributed by atoms with Crippen molar-refractivity contribution in [2.45, 2.75) is 31.7 Å². The monoisotopic (exact) mass is 290 g/mol. The normalized spacial score (nSPS) is 16.7. The van der Waals surface area contributed by atoms with Crippen LogP contribution in [0, 0.1) is 0 Å². The molecule has 2 rings (SSSR count). The maximum Gasteiger partial charge on any atom is 0.222 e. The molecule has 1 amide bonds. The summed E-state index contributed by atoms with van der Waals surface area (Å²) >= 11 is 0. The van der Waals surface area contributed by atoms with Gasteiger partial charge in [-0.15, -0.1) is 0 Å². The van der Waals surface area contributed by atoms with E-state index in [0.717, 1.165) is 43.7 Å². The van der Waals surface area contributed by atoms with Gasteiger partial charge >= 0.3 is 0 Å². The van der Waals surface area contributed by atoms with Gasteiger partial charge in [0.15, 0.2) is 0 Å². The molecule has 0 radical (unpaired) electrons. The van der Waals surface area contributed by atoms with Gasteiger partial charge in [0.25, 0.3) is 0 Å². The smallest absolute Gasteiger partial charge is 0.222 e. The zero-order valence-electron chi connectivity index (χ0n) is 13.3. The maximum atomic E-state index is 12.4. The number of hydrogen-bond acceptors (Lipinski definition) is 3. The Morgan fingerprint density at radius 2 is 2.00 bits per heavy atom. The Labute approximate surface area is 127 Å². The van der Waals surface area contributed by atoms with Gasteiger partial charge in [0.2, 0.25) is 5.91 Å². The summed E-state index contributed by atoms with van der Waals surface area (Å²) in [7, 11) is 5.76. The van der Waals surface area contributed by atoms with Gasteiger partial charge in [0.1, 0.15) is 5.75 Å².